The fourth-order valence-corrected chi connectivity index (χ4v) is 2.35. The molecule has 0 aliphatic carbocycles. The van der Waals surface area contributed by atoms with Crippen LogP contribution < -0.4 is 5.32 Å². The Kier molecular flexibility index (Phi) is 3.38. The van der Waals surface area contributed by atoms with Crippen molar-refractivity contribution in [1.82, 2.24) is 4.98 Å². The first-order chi connectivity index (χ1) is 10.0. The van der Waals surface area contributed by atoms with Crippen LogP contribution in [0.2, 0.25) is 0 Å². The van der Waals surface area contributed by atoms with E-state index in [9.17, 15) is 0 Å². The van der Waals surface area contributed by atoms with Gasteiger partial charge in [-0.2, -0.15) is 0 Å². The monoisotopic (exact) mass is 276 g/mol. The molecule has 0 aliphatic rings. The molecule has 0 aliphatic heterocycles. The maximum Gasteiger partial charge on any atom is 0.130 e. The van der Waals surface area contributed by atoms with E-state index < -0.39 is 0 Å². The molecule has 2 aromatic carbocycles. The molecule has 0 atom stereocenters. The Labute approximate surface area is 125 Å². The summed E-state index contributed by atoms with van der Waals surface area (Å²) in [6.45, 7) is 6.70. The fourth-order valence-electron chi connectivity index (χ4n) is 2.35. The van der Waals surface area contributed by atoms with E-state index in [0.717, 1.165) is 11.5 Å². The molecule has 1 heterocycles. The summed E-state index contributed by atoms with van der Waals surface area (Å²) >= 11 is 0. The van der Waals surface area contributed by atoms with E-state index in [1.165, 1.54) is 16.3 Å². The summed E-state index contributed by atoms with van der Waals surface area (Å²) in [5, 5.41) is 5.73. The second-order valence-electron chi connectivity index (χ2n) is 6.37. The molecule has 0 bridgehead atoms. The quantitative estimate of drug-likeness (QED) is 0.689. The molecule has 2 heteroatoms. The molecule has 0 spiro atoms. The molecule has 3 aromatic rings. The molecular weight excluding hydrogens is 256 g/mol. The summed E-state index contributed by atoms with van der Waals surface area (Å²) in [4.78, 5) is 4.48. The molecule has 21 heavy (non-hydrogen) atoms. The van der Waals surface area contributed by atoms with Gasteiger partial charge in [0, 0.05) is 17.3 Å². The Balaban J connectivity index is 1.98. The van der Waals surface area contributed by atoms with Crippen LogP contribution in [0.5, 0.6) is 0 Å². The smallest absolute Gasteiger partial charge is 0.130 e. The minimum absolute atomic E-state index is 0.157. The normalized spacial score (nSPS) is 11.6. The standard InChI is InChI=1S/C19H20N2/c1-19(2,3)16-10-9-14-13-20-18(12-15(14)11-16)21-17-7-5-4-6-8-17/h4-13H,1-3H3,(H,20,21). The highest BCUT2D eigenvalue weighted by molar-refractivity contribution is 5.85. The van der Waals surface area contributed by atoms with Gasteiger partial charge in [0.1, 0.15) is 5.82 Å². The number of fused-ring (bicyclic) bond motifs is 1. The minimum Gasteiger partial charge on any atom is -0.340 e. The van der Waals surface area contributed by atoms with E-state index in [1.54, 1.807) is 0 Å². The van der Waals surface area contributed by atoms with Crippen molar-refractivity contribution in [3.8, 4) is 0 Å². The zero-order valence-corrected chi connectivity index (χ0v) is 12.7. The van der Waals surface area contributed by atoms with Crippen LogP contribution >= 0.6 is 0 Å². The molecule has 0 amide bonds. The molecule has 0 fully saturated rings. The number of rotatable bonds is 2. The number of aromatic nitrogens is 1. The highest BCUT2D eigenvalue weighted by atomic mass is 15.0. The highest BCUT2D eigenvalue weighted by Gasteiger charge is 2.13. The van der Waals surface area contributed by atoms with Crippen LogP contribution in [0.4, 0.5) is 11.5 Å². The number of anilines is 2. The molecule has 0 saturated carbocycles. The van der Waals surface area contributed by atoms with Crippen LogP contribution in [0.1, 0.15) is 26.3 Å². The predicted molar refractivity (Wildman–Crippen MR) is 90.2 cm³/mol. The van der Waals surface area contributed by atoms with Crippen molar-refractivity contribution >= 4 is 22.3 Å². The zero-order valence-electron chi connectivity index (χ0n) is 12.7. The Bertz CT molecular complexity index is 755. The van der Waals surface area contributed by atoms with Crippen LogP contribution in [0.25, 0.3) is 10.8 Å². The maximum absolute atomic E-state index is 4.48. The summed E-state index contributed by atoms with van der Waals surface area (Å²) < 4.78 is 0. The first kappa shape index (κ1) is 13.6. The Morgan fingerprint density at radius 3 is 2.33 bits per heavy atom. The van der Waals surface area contributed by atoms with Crippen molar-refractivity contribution in [3.63, 3.8) is 0 Å². The minimum atomic E-state index is 0.157. The number of hydrogen-bond donors (Lipinski definition) is 1. The van der Waals surface area contributed by atoms with Gasteiger partial charge in [0.15, 0.2) is 0 Å². The van der Waals surface area contributed by atoms with Crippen molar-refractivity contribution in [2.24, 2.45) is 0 Å². The van der Waals surface area contributed by atoms with E-state index in [1.807, 2.05) is 36.5 Å². The lowest BCUT2D eigenvalue weighted by Crippen LogP contribution is -2.10. The molecule has 0 unspecified atom stereocenters. The summed E-state index contributed by atoms with van der Waals surface area (Å²) in [6.07, 6.45) is 1.92. The van der Waals surface area contributed by atoms with Crippen LogP contribution in [0, 0.1) is 0 Å². The lowest BCUT2D eigenvalue weighted by molar-refractivity contribution is 0.591. The van der Waals surface area contributed by atoms with Gasteiger partial charge in [-0.1, -0.05) is 57.2 Å². The van der Waals surface area contributed by atoms with Gasteiger partial charge in [-0.15, -0.1) is 0 Å². The van der Waals surface area contributed by atoms with E-state index in [4.69, 9.17) is 0 Å². The average molecular weight is 276 g/mol. The summed E-state index contributed by atoms with van der Waals surface area (Å²) in [5.41, 5.74) is 2.55. The second-order valence-corrected chi connectivity index (χ2v) is 6.37. The summed E-state index contributed by atoms with van der Waals surface area (Å²) in [6, 6.07) is 18.8. The van der Waals surface area contributed by atoms with Crippen LogP contribution in [-0.4, -0.2) is 4.98 Å². The predicted octanol–water partition coefficient (Wildman–Crippen LogP) is 5.28. The lowest BCUT2D eigenvalue weighted by Gasteiger charge is -2.19. The number of nitrogens with one attached hydrogen (secondary N) is 1. The molecule has 1 aromatic heterocycles. The van der Waals surface area contributed by atoms with Crippen molar-refractivity contribution in [2.75, 3.05) is 5.32 Å². The first-order valence-corrected chi connectivity index (χ1v) is 7.25. The largest absolute Gasteiger partial charge is 0.340 e. The van der Waals surface area contributed by atoms with Gasteiger partial charge in [0.05, 0.1) is 0 Å². The Hall–Kier alpha value is -2.35. The van der Waals surface area contributed by atoms with Crippen molar-refractivity contribution in [2.45, 2.75) is 26.2 Å². The molecule has 106 valence electrons. The molecule has 0 saturated heterocycles. The van der Waals surface area contributed by atoms with Crippen LogP contribution in [-0.2, 0) is 5.41 Å². The average Bonchev–Trinajstić information content (AvgIpc) is 2.46. The van der Waals surface area contributed by atoms with Gasteiger partial charge in [-0.25, -0.2) is 4.98 Å². The lowest BCUT2D eigenvalue weighted by atomic mass is 9.86. The fraction of sp³-hybridized carbons (Fsp3) is 0.211. The SMILES string of the molecule is CC(C)(C)c1ccc2cnc(Nc3ccccc3)cc2c1. The molecule has 0 radical (unpaired) electrons. The molecule has 1 N–H and O–H groups in total. The number of nitrogens with zero attached hydrogens (tertiary/aromatic N) is 1. The topological polar surface area (TPSA) is 24.9 Å². The summed E-state index contributed by atoms with van der Waals surface area (Å²) in [5.74, 6) is 0.875. The van der Waals surface area contributed by atoms with Crippen molar-refractivity contribution in [3.05, 3.63) is 66.4 Å². The molecule has 2 nitrogen and oxygen atoms in total. The van der Waals surface area contributed by atoms with Gasteiger partial charge in [0.2, 0.25) is 0 Å². The third kappa shape index (κ3) is 3.05. The van der Waals surface area contributed by atoms with Gasteiger partial charge in [0.25, 0.3) is 0 Å². The number of benzene rings is 2. The van der Waals surface area contributed by atoms with Crippen molar-refractivity contribution < 1.29 is 0 Å². The zero-order chi connectivity index (χ0) is 14.9. The van der Waals surface area contributed by atoms with E-state index in [0.29, 0.717) is 0 Å². The van der Waals surface area contributed by atoms with Gasteiger partial charge in [-0.3, -0.25) is 0 Å². The summed E-state index contributed by atoms with van der Waals surface area (Å²) in [7, 11) is 0. The second kappa shape index (κ2) is 5.21. The number of pyridine rings is 1. The maximum atomic E-state index is 4.48. The van der Waals surface area contributed by atoms with Crippen molar-refractivity contribution in [1.29, 1.82) is 0 Å². The van der Waals surface area contributed by atoms with Crippen LogP contribution in [0.15, 0.2) is 60.8 Å². The third-order valence-corrected chi connectivity index (χ3v) is 3.63. The van der Waals surface area contributed by atoms with Gasteiger partial charge in [-0.05, 0) is 34.6 Å². The first-order valence-electron chi connectivity index (χ1n) is 7.25. The Morgan fingerprint density at radius 2 is 1.62 bits per heavy atom. The van der Waals surface area contributed by atoms with E-state index >= 15 is 0 Å². The highest BCUT2D eigenvalue weighted by Crippen LogP contribution is 2.27. The van der Waals surface area contributed by atoms with E-state index in [-0.39, 0.29) is 5.41 Å². The number of para-hydroxylation sites is 1. The Morgan fingerprint density at radius 1 is 0.857 bits per heavy atom. The molecule has 3 rings (SSSR count). The molecular formula is C19H20N2. The van der Waals surface area contributed by atoms with E-state index in [2.05, 4.69) is 55.3 Å². The van der Waals surface area contributed by atoms with Gasteiger partial charge >= 0.3 is 0 Å². The van der Waals surface area contributed by atoms with Crippen LogP contribution in [0.3, 0.4) is 0 Å². The van der Waals surface area contributed by atoms with Gasteiger partial charge < -0.3 is 5.32 Å². The number of hydrogen-bond acceptors (Lipinski definition) is 2. The third-order valence-electron chi connectivity index (χ3n) is 3.63.